The summed E-state index contributed by atoms with van der Waals surface area (Å²) in [4.78, 5) is 0. The Balaban J connectivity index is 2.26. The van der Waals surface area contributed by atoms with Crippen molar-refractivity contribution in [2.45, 2.75) is 32.1 Å². The van der Waals surface area contributed by atoms with E-state index >= 15 is 0 Å². The van der Waals surface area contributed by atoms with Gasteiger partial charge in [0.05, 0.1) is 20.0 Å². The van der Waals surface area contributed by atoms with Gasteiger partial charge in [-0.05, 0) is 30.2 Å². The smallest absolute Gasteiger partial charge is 0.118 e. The maximum atomic E-state index is 5.29. The quantitative estimate of drug-likeness (QED) is 0.805. The molecule has 0 aliphatic heterocycles. The van der Waals surface area contributed by atoms with Crippen LogP contribution in [0.15, 0.2) is 47.7 Å². The van der Waals surface area contributed by atoms with E-state index in [1.54, 1.807) is 14.2 Å². The van der Waals surface area contributed by atoms with Crippen LogP contribution in [-0.4, -0.2) is 14.2 Å². The van der Waals surface area contributed by atoms with Crippen LogP contribution >= 0.6 is 0 Å². The summed E-state index contributed by atoms with van der Waals surface area (Å²) in [6, 6.07) is 8.35. The first-order valence-electron chi connectivity index (χ1n) is 6.66. The van der Waals surface area contributed by atoms with E-state index in [-0.39, 0.29) is 5.41 Å². The van der Waals surface area contributed by atoms with Crippen molar-refractivity contribution in [2.75, 3.05) is 14.2 Å². The fraction of sp³-hybridized carbons (Fsp3) is 0.412. The van der Waals surface area contributed by atoms with Gasteiger partial charge in [-0.25, -0.2) is 0 Å². The molecule has 102 valence electrons. The lowest BCUT2D eigenvalue weighted by Crippen LogP contribution is -2.21. The molecule has 0 spiro atoms. The summed E-state index contributed by atoms with van der Waals surface area (Å²) >= 11 is 0. The van der Waals surface area contributed by atoms with Crippen LogP contribution in [0.4, 0.5) is 0 Å². The van der Waals surface area contributed by atoms with Crippen LogP contribution in [0.3, 0.4) is 0 Å². The molecule has 1 aromatic carbocycles. The molecule has 2 rings (SSSR count). The van der Waals surface area contributed by atoms with Crippen molar-refractivity contribution in [1.29, 1.82) is 0 Å². The molecule has 0 fully saturated rings. The van der Waals surface area contributed by atoms with Crippen LogP contribution in [0.25, 0.3) is 0 Å². The van der Waals surface area contributed by atoms with Crippen molar-refractivity contribution in [3.8, 4) is 5.75 Å². The van der Waals surface area contributed by atoms with Crippen LogP contribution in [-0.2, 0) is 10.2 Å². The lowest BCUT2D eigenvalue weighted by Gasteiger charge is -2.30. The van der Waals surface area contributed by atoms with E-state index < -0.39 is 0 Å². The van der Waals surface area contributed by atoms with Crippen molar-refractivity contribution in [1.82, 2.24) is 0 Å². The molecule has 0 N–H and O–H groups in total. The first kappa shape index (κ1) is 13.7. The van der Waals surface area contributed by atoms with Gasteiger partial charge < -0.3 is 9.47 Å². The highest BCUT2D eigenvalue weighted by molar-refractivity contribution is 5.40. The highest BCUT2D eigenvalue weighted by Crippen LogP contribution is 2.37. The number of benzene rings is 1. The number of rotatable bonds is 4. The topological polar surface area (TPSA) is 18.5 Å². The van der Waals surface area contributed by atoms with Crippen molar-refractivity contribution in [3.05, 3.63) is 53.3 Å². The summed E-state index contributed by atoms with van der Waals surface area (Å²) in [5.74, 6) is 1.97. The summed E-state index contributed by atoms with van der Waals surface area (Å²) in [6.07, 6.45) is 6.33. The Morgan fingerprint density at radius 3 is 2.05 bits per heavy atom. The Labute approximate surface area is 115 Å². The Kier molecular flexibility index (Phi) is 3.98. The zero-order valence-electron chi connectivity index (χ0n) is 12.2. The molecule has 2 heteroatoms. The molecule has 2 nitrogen and oxygen atoms in total. The third-order valence-corrected chi connectivity index (χ3v) is 3.99. The highest BCUT2D eigenvalue weighted by atomic mass is 16.5. The van der Waals surface area contributed by atoms with Crippen LogP contribution in [0.1, 0.15) is 32.3 Å². The molecule has 1 aliphatic rings. The van der Waals surface area contributed by atoms with Gasteiger partial charge >= 0.3 is 0 Å². The van der Waals surface area contributed by atoms with Gasteiger partial charge in [0.15, 0.2) is 0 Å². The van der Waals surface area contributed by atoms with E-state index in [9.17, 15) is 0 Å². The van der Waals surface area contributed by atoms with Gasteiger partial charge in [0.1, 0.15) is 5.75 Å². The Hall–Kier alpha value is -1.70. The summed E-state index contributed by atoms with van der Waals surface area (Å²) < 4.78 is 10.5. The maximum absolute atomic E-state index is 5.29. The fourth-order valence-corrected chi connectivity index (χ4v) is 2.50. The maximum Gasteiger partial charge on any atom is 0.118 e. The highest BCUT2D eigenvalue weighted by Gasteiger charge is 2.26. The van der Waals surface area contributed by atoms with Gasteiger partial charge in [-0.3, -0.25) is 0 Å². The number of methoxy groups -OCH3 is 2. The summed E-state index contributed by atoms with van der Waals surface area (Å²) in [5.41, 5.74) is 2.80. The second kappa shape index (κ2) is 5.52. The summed E-state index contributed by atoms with van der Waals surface area (Å²) in [7, 11) is 3.43. The average molecular weight is 258 g/mol. The minimum Gasteiger partial charge on any atom is -0.501 e. The molecule has 0 bridgehead atoms. The minimum absolute atomic E-state index is 0.0437. The second-order valence-corrected chi connectivity index (χ2v) is 5.38. The molecule has 0 radical (unpaired) electrons. The first-order chi connectivity index (χ1) is 9.07. The van der Waals surface area contributed by atoms with Crippen LogP contribution in [0.5, 0.6) is 5.75 Å². The summed E-state index contributed by atoms with van der Waals surface area (Å²) in [6.45, 7) is 4.54. The molecule has 0 atom stereocenters. The SMILES string of the molecule is COC1=CC=C(C(C)(C)c2ccc(OC)cc2)CC1. The normalized spacial score (nSPS) is 15.6. The van der Waals surface area contributed by atoms with E-state index in [0.29, 0.717) is 0 Å². The van der Waals surface area contributed by atoms with E-state index in [4.69, 9.17) is 9.47 Å². The van der Waals surface area contributed by atoms with Gasteiger partial charge in [-0.1, -0.05) is 37.6 Å². The zero-order valence-corrected chi connectivity index (χ0v) is 12.2. The first-order valence-corrected chi connectivity index (χ1v) is 6.66. The second-order valence-electron chi connectivity index (χ2n) is 5.38. The molecule has 0 unspecified atom stereocenters. The van der Waals surface area contributed by atoms with Crippen molar-refractivity contribution >= 4 is 0 Å². The average Bonchev–Trinajstić information content (AvgIpc) is 2.47. The Bertz CT molecular complexity index is 492. The molecule has 0 saturated heterocycles. The zero-order chi connectivity index (χ0) is 13.9. The minimum atomic E-state index is 0.0437. The lowest BCUT2D eigenvalue weighted by atomic mass is 9.74. The number of hydrogen-bond acceptors (Lipinski definition) is 2. The molecular weight excluding hydrogens is 236 g/mol. The molecule has 0 amide bonds. The van der Waals surface area contributed by atoms with Gasteiger partial charge in [0.25, 0.3) is 0 Å². The number of ether oxygens (including phenoxy) is 2. The van der Waals surface area contributed by atoms with Crippen molar-refractivity contribution < 1.29 is 9.47 Å². The van der Waals surface area contributed by atoms with Crippen LogP contribution in [0.2, 0.25) is 0 Å². The monoisotopic (exact) mass is 258 g/mol. The van der Waals surface area contributed by atoms with E-state index in [1.807, 2.05) is 12.1 Å². The predicted octanol–water partition coefficient (Wildman–Crippen LogP) is 4.22. The molecular formula is C17H22O2. The lowest BCUT2D eigenvalue weighted by molar-refractivity contribution is 0.274. The van der Waals surface area contributed by atoms with Crippen LogP contribution < -0.4 is 4.74 Å². The molecule has 19 heavy (non-hydrogen) atoms. The molecule has 1 aliphatic carbocycles. The van der Waals surface area contributed by atoms with Crippen LogP contribution in [0, 0.1) is 0 Å². The van der Waals surface area contributed by atoms with E-state index in [0.717, 1.165) is 24.4 Å². The van der Waals surface area contributed by atoms with E-state index in [1.165, 1.54) is 11.1 Å². The predicted molar refractivity (Wildman–Crippen MR) is 78.4 cm³/mol. The van der Waals surface area contributed by atoms with Crippen molar-refractivity contribution in [2.24, 2.45) is 0 Å². The van der Waals surface area contributed by atoms with Gasteiger partial charge in [0, 0.05) is 11.8 Å². The van der Waals surface area contributed by atoms with E-state index in [2.05, 4.69) is 38.1 Å². The molecule has 0 heterocycles. The third-order valence-electron chi connectivity index (χ3n) is 3.99. The molecule has 1 aromatic rings. The van der Waals surface area contributed by atoms with Gasteiger partial charge in [-0.15, -0.1) is 0 Å². The Morgan fingerprint density at radius 1 is 0.895 bits per heavy atom. The summed E-state index contributed by atoms with van der Waals surface area (Å²) in [5, 5.41) is 0. The Morgan fingerprint density at radius 2 is 1.58 bits per heavy atom. The standard InChI is InChI=1S/C17H22O2/c1-17(2,13-5-9-15(18-3)10-6-13)14-7-11-16(19-4)12-8-14/h5-7,9-11H,8,12H2,1-4H3. The molecule has 0 aromatic heterocycles. The number of hydrogen-bond donors (Lipinski definition) is 0. The number of allylic oxidation sites excluding steroid dienone is 4. The van der Waals surface area contributed by atoms with Gasteiger partial charge in [-0.2, -0.15) is 0 Å². The van der Waals surface area contributed by atoms with Gasteiger partial charge in [0.2, 0.25) is 0 Å². The largest absolute Gasteiger partial charge is 0.501 e. The third kappa shape index (κ3) is 2.83. The molecule has 0 saturated carbocycles. The fourth-order valence-electron chi connectivity index (χ4n) is 2.50. The van der Waals surface area contributed by atoms with Crippen molar-refractivity contribution in [3.63, 3.8) is 0 Å².